The number of rotatable bonds is 6. The van der Waals surface area contributed by atoms with Crippen LogP contribution in [-0.2, 0) is 10.0 Å². The first-order valence-electron chi connectivity index (χ1n) is 8.68. The van der Waals surface area contributed by atoms with Gasteiger partial charge in [0.15, 0.2) is 0 Å². The molecular weight excluding hydrogens is 324 g/mol. The highest BCUT2D eigenvalue weighted by Gasteiger charge is 2.29. The van der Waals surface area contributed by atoms with E-state index in [0.29, 0.717) is 18.0 Å². The summed E-state index contributed by atoms with van der Waals surface area (Å²) >= 11 is 0. The zero-order chi connectivity index (χ0) is 17.7. The van der Waals surface area contributed by atoms with Gasteiger partial charge in [0.05, 0.1) is 4.90 Å². The van der Waals surface area contributed by atoms with Gasteiger partial charge >= 0.3 is 0 Å². The molecule has 0 heterocycles. The van der Waals surface area contributed by atoms with Crippen LogP contribution >= 0.6 is 0 Å². The van der Waals surface area contributed by atoms with E-state index in [0.717, 1.165) is 25.7 Å². The molecule has 1 saturated carbocycles. The third-order valence-corrected chi connectivity index (χ3v) is 6.44. The van der Waals surface area contributed by atoms with Crippen LogP contribution in [-0.4, -0.2) is 38.3 Å². The maximum absolute atomic E-state index is 12.9. The lowest BCUT2D eigenvalue weighted by Gasteiger charge is -2.30. The van der Waals surface area contributed by atoms with E-state index < -0.39 is 10.0 Å². The maximum atomic E-state index is 12.9. The summed E-state index contributed by atoms with van der Waals surface area (Å²) in [6, 6.07) is 6.38. The summed E-state index contributed by atoms with van der Waals surface area (Å²) in [4.78, 5) is 12.4. The quantitative estimate of drug-likeness (QED) is 0.856. The third kappa shape index (κ3) is 4.57. The first-order chi connectivity index (χ1) is 11.3. The SMILES string of the molecule is CC(C)CNC(=O)c1cccc(S(=O)(=O)N(C)C2CCCCC2)c1. The van der Waals surface area contributed by atoms with Crippen molar-refractivity contribution >= 4 is 15.9 Å². The molecule has 0 aromatic heterocycles. The molecule has 1 amide bonds. The van der Waals surface area contributed by atoms with Crippen molar-refractivity contribution in [3.05, 3.63) is 29.8 Å². The van der Waals surface area contributed by atoms with Crippen LogP contribution in [0, 0.1) is 5.92 Å². The van der Waals surface area contributed by atoms with Crippen molar-refractivity contribution in [1.29, 1.82) is 0 Å². The van der Waals surface area contributed by atoms with E-state index in [4.69, 9.17) is 0 Å². The van der Waals surface area contributed by atoms with Crippen molar-refractivity contribution < 1.29 is 13.2 Å². The van der Waals surface area contributed by atoms with Crippen LogP contribution in [0.1, 0.15) is 56.3 Å². The highest BCUT2D eigenvalue weighted by molar-refractivity contribution is 7.89. The van der Waals surface area contributed by atoms with Gasteiger partial charge in [-0.25, -0.2) is 8.42 Å². The van der Waals surface area contributed by atoms with E-state index in [2.05, 4.69) is 5.32 Å². The van der Waals surface area contributed by atoms with Crippen molar-refractivity contribution in [3.8, 4) is 0 Å². The van der Waals surface area contributed by atoms with Crippen LogP contribution in [0.15, 0.2) is 29.2 Å². The van der Waals surface area contributed by atoms with Gasteiger partial charge in [0.2, 0.25) is 10.0 Å². The van der Waals surface area contributed by atoms with Gasteiger partial charge < -0.3 is 5.32 Å². The van der Waals surface area contributed by atoms with Crippen molar-refractivity contribution in [2.24, 2.45) is 5.92 Å². The fourth-order valence-electron chi connectivity index (χ4n) is 3.00. The summed E-state index contributed by atoms with van der Waals surface area (Å²) in [6.45, 7) is 4.60. The van der Waals surface area contributed by atoms with Gasteiger partial charge in [-0.05, 0) is 37.0 Å². The highest BCUT2D eigenvalue weighted by atomic mass is 32.2. The van der Waals surface area contributed by atoms with E-state index in [1.54, 1.807) is 25.2 Å². The second-order valence-corrected chi connectivity index (χ2v) is 8.94. The minimum absolute atomic E-state index is 0.0576. The zero-order valence-corrected chi connectivity index (χ0v) is 15.6. The van der Waals surface area contributed by atoms with E-state index in [9.17, 15) is 13.2 Å². The topological polar surface area (TPSA) is 66.5 Å². The fraction of sp³-hybridized carbons (Fsp3) is 0.611. The number of hydrogen-bond acceptors (Lipinski definition) is 3. The molecule has 0 saturated heterocycles. The molecule has 1 aromatic carbocycles. The number of nitrogens with one attached hydrogen (secondary N) is 1. The second-order valence-electron chi connectivity index (χ2n) is 6.94. The molecule has 1 aliphatic rings. The number of sulfonamides is 1. The Kier molecular flexibility index (Phi) is 6.40. The average Bonchev–Trinajstić information content (AvgIpc) is 2.59. The Hall–Kier alpha value is -1.40. The molecule has 0 atom stereocenters. The molecule has 1 N–H and O–H groups in total. The second kappa shape index (κ2) is 8.12. The molecule has 1 fully saturated rings. The number of benzene rings is 1. The zero-order valence-electron chi connectivity index (χ0n) is 14.8. The number of carbonyl (C=O) groups is 1. The molecule has 0 radical (unpaired) electrons. The summed E-state index contributed by atoms with van der Waals surface area (Å²) in [5.41, 5.74) is 0.383. The molecule has 0 unspecified atom stereocenters. The number of nitrogens with zero attached hydrogens (tertiary/aromatic N) is 1. The van der Waals surface area contributed by atoms with Crippen LogP contribution in [0.3, 0.4) is 0 Å². The van der Waals surface area contributed by atoms with E-state index in [-0.39, 0.29) is 16.8 Å². The molecule has 0 aliphatic heterocycles. The van der Waals surface area contributed by atoms with Crippen LogP contribution in [0.2, 0.25) is 0 Å². The standard InChI is InChI=1S/C18H28N2O3S/c1-14(2)13-19-18(21)15-8-7-11-17(12-15)24(22,23)20(3)16-9-5-4-6-10-16/h7-8,11-12,14,16H,4-6,9-10,13H2,1-3H3,(H,19,21). The van der Waals surface area contributed by atoms with Gasteiger partial charge in [0.1, 0.15) is 0 Å². The van der Waals surface area contributed by atoms with Crippen LogP contribution in [0.5, 0.6) is 0 Å². The predicted molar refractivity (Wildman–Crippen MR) is 95.4 cm³/mol. The number of hydrogen-bond donors (Lipinski definition) is 1. The molecule has 2 rings (SSSR count). The van der Waals surface area contributed by atoms with Gasteiger partial charge in [-0.1, -0.05) is 39.2 Å². The third-order valence-electron chi connectivity index (χ3n) is 4.53. The average molecular weight is 353 g/mol. The minimum Gasteiger partial charge on any atom is -0.352 e. The molecule has 1 aromatic rings. The summed E-state index contributed by atoms with van der Waals surface area (Å²) in [5, 5.41) is 2.82. The van der Waals surface area contributed by atoms with Crippen LogP contribution in [0.25, 0.3) is 0 Å². The molecule has 24 heavy (non-hydrogen) atoms. The Morgan fingerprint density at radius 3 is 2.54 bits per heavy atom. The van der Waals surface area contributed by atoms with Gasteiger partial charge in [-0.15, -0.1) is 0 Å². The predicted octanol–water partition coefficient (Wildman–Crippen LogP) is 3.03. The molecule has 6 heteroatoms. The van der Waals surface area contributed by atoms with Gasteiger partial charge in [-0.2, -0.15) is 4.31 Å². The largest absolute Gasteiger partial charge is 0.352 e. The molecule has 1 aliphatic carbocycles. The summed E-state index contributed by atoms with van der Waals surface area (Å²) in [5.74, 6) is 0.111. The Bertz CT molecular complexity index is 665. The van der Waals surface area contributed by atoms with Crippen molar-refractivity contribution in [1.82, 2.24) is 9.62 Å². The molecule has 5 nitrogen and oxygen atoms in total. The lowest BCUT2D eigenvalue weighted by Crippen LogP contribution is -2.38. The minimum atomic E-state index is -3.57. The van der Waals surface area contributed by atoms with Crippen LogP contribution < -0.4 is 5.32 Å². The van der Waals surface area contributed by atoms with E-state index >= 15 is 0 Å². The molecule has 0 spiro atoms. The molecule has 0 bridgehead atoms. The van der Waals surface area contributed by atoms with Crippen molar-refractivity contribution in [2.75, 3.05) is 13.6 Å². The Morgan fingerprint density at radius 1 is 1.25 bits per heavy atom. The normalized spacial score (nSPS) is 16.5. The van der Waals surface area contributed by atoms with E-state index in [1.807, 2.05) is 13.8 Å². The molecular formula is C18H28N2O3S. The summed E-state index contributed by atoms with van der Waals surface area (Å²) < 4.78 is 27.2. The van der Waals surface area contributed by atoms with Crippen molar-refractivity contribution in [3.63, 3.8) is 0 Å². The monoisotopic (exact) mass is 352 g/mol. The first-order valence-corrected chi connectivity index (χ1v) is 10.1. The van der Waals surface area contributed by atoms with Gasteiger partial charge in [0.25, 0.3) is 5.91 Å². The fourth-order valence-corrected chi connectivity index (χ4v) is 4.47. The van der Waals surface area contributed by atoms with Crippen molar-refractivity contribution in [2.45, 2.75) is 56.9 Å². The Morgan fingerprint density at radius 2 is 1.92 bits per heavy atom. The lowest BCUT2D eigenvalue weighted by molar-refractivity contribution is 0.0949. The summed E-state index contributed by atoms with van der Waals surface area (Å²) in [6.07, 6.45) is 5.13. The van der Waals surface area contributed by atoms with Crippen LogP contribution in [0.4, 0.5) is 0 Å². The first kappa shape index (κ1) is 18.9. The number of carbonyl (C=O) groups excluding carboxylic acids is 1. The Labute approximate surface area is 145 Å². The number of amides is 1. The maximum Gasteiger partial charge on any atom is 0.251 e. The highest BCUT2D eigenvalue weighted by Crippen LogP contribution is 2.26. The van der Waals surface area contributed by atoms with Gasteiger partial charge in [0, 0.05) is 25.2 Å². The smallest absolute Gasteiger partial charge is 0.251 e. The van der Waals surface area contributed by atoms with Gasteiger partial charge in [-0.3, -0.25) is 4.79 Å². The van der Waals surface area contributed by atoms with E-state index in [1.165, 1.54) is 16.8 Å². The Balaban J connectivity index is 2.18. The summed E-state index contributed by atoms with van der Waals surface area (Å²) in [7, 11) is -1.92. The molecule has 134 valence electrons. The lowest BCUT2D eigenvalue weighted by atomic mass is 9.96.